The van der Waals surface area contributed by atoms with Gasteiger partial charge in [-0.2, -0.15) is 0 Å². The molecule has 0 aliphatic heterocycles. The average molecular weight is 262 g/mol. The Kier molecular flexibility index (Phi) is 4.30. The van der Waals surface area contributed by atoms with Gasteiger partial charge in [0, 0.05) is 12.6 Å². The van der Waals surface area contributed by atoms with E-state index in [-0.39, 0.29) is 5.97 Å². The first-order chi connectivity index (χ1) is 9.17. The Morgan fingerprint density at radius 1 is 1.42 bits per heavy atom. The highest BCUT2D eigenvalue weighted by Gasteiger charge is 2.29. The van der Waals surface area contributed by atoms with Crippen LogP contribution in [0.3, 0.4) is 0 Å². The van der Waals surface area contributed by atoms with Crippen LogP contribution in [0.2, 0.25) is 0 Å². The van der Waals surface area contributed by atoms with Crippen LogP contribution in [-0.2, 0) is 4.74 Å². The molecule has 1 aliphatic rings. The van der Waals surface area contributed by atoms with E-state index in [1.54, 1.807) is 19.1 Å². The smallest absolute Gasteiger partial charge is 0.338 e. The van der Waals surface area contributed by atoms with Crippen LogP contribution in [0.25, 0.3) is 0 Å². The maximum atomic E-state index is 11.7. The summed E-state index contributed by atoms with van der Waals surface area (Å²) < 4.78 is 4.98. The van der Waals surface area contributed by atoms with Gasteiger partial charge in [0.2, 0.25) is 0 Å². The normalized spacial score (nSPS) is 14.2. The molecule has 0 aromatic heterocycles. The molecule has 4 nitrogen and oxygen atoms in total. The Bertz CT molecular complexity index is 455. The summed E-state index contributed by atoms with van der Waals surface area (Å²) in [7, 11) is 0. The molecule has 0 atom stereocenters. The number of hydrogen-bond acceptors (Lipinski definition) is 4. The summed E-state index contributed by atoms with van der Waals surface area (Å²) in [5.41, 5.74) is 8.32. The minimum absolute atomic E-state index is 0.311. The third-order valence-corrected chi connectivity index (χ3v) is 3.30. The largest absolute Gasteiger partial charge is 0.462 e. The van der Waals surface area contributed by atoms with Crippen LogP contribution in [0.4, 0.5) is 11.4 Å². The Morgan fingerprint density at radius 2 is 2.16 bits per heavy atom. The van der Waals surface area contributed by atoms with Crippen molar-refractivity contribution >= 4 is 17.3 Å². The van der Waals surface area contributed by atoms with Crippen LogP contribution in [0.15, 0.2) is 18.2 Å². The minimum atomic E-state index is -0.311. The van der Waals surface area contributed by atoms with Crippen molar-refractivity contribution < 1.29 is 9.53 Å². The second kappa shape index (κ2) is 5.95. The molecule has 0 heterocycles. The molecular weight excluding hydrogens is 240 g/mol. The number of carbonyl (C=O) groups is 1. The van der Waals surface area contributed by atoms with E-state index in [1.165, 1.54) is 12.8 Å². The molecule has 0 unspecified atom stereocenters. The van der Waals surface area contributed by atoms with Gasteiger partial charge in [-0.25, -0.2) is 4.79 Å². The number of esters is 1. The van der Waals surface area contributed by atoms with Crippen molar-refractivity contribution in [2.75, 3.05) is 23.8 Å². The van der Waals surface area contributed by atoms with Gasteiger partial charge in [-0.15, -0.1) is 0 Å². The summed E-state index contributed by atoms with van der Waals surface area (Å²) in [6.07, 6.45) is 3.56. The van der Waals surface area contributed by atoms with Crippen LogP contribution < -0.4 is 10.6 Å². The van der Waals surface area contributed by atoms with Crippen molar-refractivity contribution in [2.45, 2.75) is 39.2 Å². The third kappa shape index (κ3) is 3.19. The van der Waals surface area contributed by atoms with Crippen molar-refractivity contribution in [1.29, 1.82) is 0 Å². The summed E-state index contributed by atoms with van der Waals surface area (Å²) in [6.45, 7) is 5.35. The number of benzene rings is 1. The van der Waals surface area contributed by atoms with Gasteiger partial charge in [0.1, 0.15) is 0 Å². The van der Waals surface area contributed by atoms with Gasteiger partial charge in [-0.1, -0.05) is 6.92 Å². The predicted octanol–water partition coefficient (Wildman–Crippen LogP) is 2.82. The molecule has 2 N–H and O–H groups in total. The lowest BCUT2D eigenvalue weighted by Crippen LogP contribution is -2.27. The summed E-state index contributed by atoms with van der Waals surface area (Å²) in [5.74, 6) is -0.311. The van der Waals surface area contributed by atoms with Gasteiger partial charge in [0.05, 0.1) is 23.5 Å². The molecular formula is C15H22N2O2. The van der Waals surface area contributed by atoms with Gasteiger partial charge < -0.3 is 15.4 Å². The van der Waals surface area contributed by atoms with E-state index in [0.717, 1.165) is 18.7 Å². The fourth-order valence-corrected chi connectivity index (χ4v) is 2.28. The first-order valence-electron chi connectivity index (χ1n) is 7.00. The second-order valence-electron chi connectivity index (χ2n) is 4.92. The van der Waals surface area contributed by atoms with E-state index in [4.69, 9.17) is 10.5 Å². The number of rotatable bonds is 6. The molecule has 0 spiro atoms. The van der Waals surface area contributed by atoms with E-state index in [1.807, 2.05) is 6.07 Å². The van der Waals surface area contributed by atoms with E-state index in [0.29, 0.717) is 23.9 Å². The molecule has 1 aromatic rings. The minimum Gasteiger partial charge on any atom is -0.462 e. The Morgan fingerprint density at radius 3 is 2.68 bits per heavy atom. The van der Waals surface area contributed by atoms with Crippen LogP contribution in [0.1, 0.15) is 43.5 Å². The molecule has 1 saturated carbocycles. The monoisotopic (exact) mass is 262 g/mol. The summed E-state index contributed by atoms with van der Waals surface area (Å²) in [4.78, 5) is 14.0. The number of ether oxygens (including phenoxy) is 1. The Hall–Kier alpha value is -1.71. The molecule has 1 fully saturated rings. The molecule has 1 aromatic carbocycles. The van der Waals surface area contributed by atoms with Crippen molar-refractivity contribution in [3.05, 3.63) is 23.8 Å². The molecule has 0 bridgehead atoms. The number of anilines is 2. The number of nitrogens with zero attached hydrogens (tertiary/aromatic N) is 1. The molecule has 0 amide bonds. The average Bonchev–Trinajstić information content (AvgIpc) is 3.21. The van der Waals surface area contributed by atoms with Crippen LogP contribution in [-0.4, -0.2) is 25.2 Å². The number of carbonyl (C=O) groups excluding carboxylic acids is 1. The molecule has 4 heteroatoms. The van der Waals surface area contributed by atoms with Crippen molar-refractivity contribution in [1.82, 2.24) is 0 Å². The molecule has 2 rings (SSSR count). The number of nitrogens with two attached hydrogens (primary N) is 1. The third-order valence-electron chi connectivity index (χ3n) is 3.30. The maximum Gasteiger partial charge on any atom is 0.338 e. The molecule has 1 aliphatic carbocycles. The molecule has 104 valence electrons. The van der Waals surface area contributed by atoms with Gasteiger partial charge in [-0.3, -0.25) is 0 Å². The van der Waals surface area contributed by atoms with Crippen molar-refractivity contribution in [3.8, 4) is 0 Å². The second-order valence-corrected chi connectivity index (χ2v) is 4.92. The highest BCUT2D eigenvalue weighted by Crippen LogP contribution is 2.35. The van der Waals surface area contributed by atoms with Gasteiger partial charge in [0.15, 0.2) is 0 Å². The lowest BCUT2D eigenvalue weighted by molar-refractivity contribution is 0.0526. The van der Waals surface area contributed by atoms with Crippen LogP contribution in [0, 0.1) is 0 Å². The van der Waals surface area contributed by atoms with Crippen molar-refractivity contribution in [2.24, 2.45) is 0 Å². The fraction of sp³-hybridized carbons (Fsp3) is 0.533. The summed E-state index contributed by atoms with van der Waals surface area (Å²) in [5, 5.41) is 0. The lowest BCUT2D eigenvalue weighted by atomic mass is 10.1. The van der Waals surface area contributed by atoms with Crippen LogP contribution in [0.5, 0.6) is 0 Å². The zero-order valence-corrected chi connectivity index (χ0v) is 11.7. The maximum absolute atomic E-state index is 11.7. The van der Waals surface area contributed by atoms with Gasteiger partial charge in [-0.05, 0) is 44.4 Å². The first kappa shape index (κ1) is 13.7. The SMILES string of the molecule is CCCN(c1ccc(C(=O)OCC)cc1N)C1CC1. The standard InChI is InChI=1S/C15H22N2O2/c1-3-9-17(12-6-7-12)14-8-5-11(10-13(14)16)15(18)19-4-2/h5,8,10,12H,3-4,6-7,9,16H2,1-2H3. The van der Waals surface area contributed by atoms with Crippen LogP contribution >= 0.6 is 0 Å². The highest BCUT2D eigenvalue weighted by atomic mass is 16.5. The quantitative estimate of drug-likeness (QED) is 0.632. The number of nitrogen functional groups attached to an aromatic ring is 1. The van der Waals surface area contributed by atoms with Gasteiger partial charge in [0.25, 0.3) is 0 Å². The summed E-state index contributed by atoms with van der Waals surface area (Å²) in [6, 6.07) is 6.08. The zero-order chi connectivity index (χ0) is 13.8. The molecule has 19 heavy (non-hydrogen) atoms. The Labute approximate surface area is 114 Å². The fourth-order valence-electron chi connectivity index (χ4n) is 2.28. The molecule has 0 radical (unpaired) electrons. The Balaban J connectivity index is 2.20. The molecule has 0 saturated heterocycles. The van der Waals surface area contributed by atoms with E-state index >= 15 is 0 Å². The van der Waals surface area contributed by atoms with Gasteiger partial charge >= 0.3 is 5.97 Å². The topological polar surface area (TPSA) is 55.6 Å². The highest BCUT2D eigenvalue weighted by molar-refractivity contribution is 5.92. The summed E-state index contributed by atoms with van der Waals surface area (Å²) >= 11 is 0. The van der Waals surface area contributed by atoms with E-state index in [2.05, 4.69) is 11.8 Å². The zero-order valence-electron chi connectivity index (χ0n) is 11.7. The van der Waals surface area contributed by atoms with E-state index < -0.39 is 0 Å². The number of hydrogen-bond donors (Lipinski definition) is 1. The lowest BCUT2D eigenvalue weighted by Gasteiger charge is -2.25. The predicted molar refractivity (Wildman–Crippen MR) is 77.5 cm³/mol. The van der Waals surface area contributed by atoms with E-state index in [9.17, 15) is 4.79 Å². The van der Waals surface area contributed by atoms with Crippen molar-refractivity contribution in [3.63, 3.8) is 0 Å². The first-order valence-corrected chi connectivity index (χ1v) is 7.00.